The van der Waals surface area contributed by atoms with Crippen LogP contribution in [-0.2, 0) is 6.54 Å². The van der Waals surface area contributed by atoms with Crippen LogP contribution in [0.15, 0.2) is 41.6 Å². The van der Waals surface area contributed by atoms with Gasteiger partial charge in [-0.3, -0.25) is 4.79 Å². The Hall–Kier alpha value is -2.94. The van der Waals surface area contributed by atoms with Gasteiger partial charge in [0, 0.05) is 24.2 Å². The molecule has 0 unspecified atom stereocenters. The molecule has 0 saturated heterocycles. The Labute approximate surface area is 114 Å². The third-order valence-electron chi connectivity index (χ3n) is 3.06. The predicted molar refractivity (Wildman–Crippen MR) is 72.2 cm³/mol. The second-order valence-corrected chi connectivity index (χ2v) is 4.47. The molecule has 0 aliphatic carbocycles. The van der Waals surface area contributed by atoms with Crippen LogP contribution in [-0.4, -0.2) is 19.2 Å². The molecule has 3 heterocycles. The van der Waals surface area contributed by atoms with Gasteiger partial charge in [0.2, 0.25) is 0 Å². The van der Waals surface area contributed by atoms with E-state index in [-0.39, 0.29) is 5.56 Å². The Morgan fingerprint density at radius 3 is 3.05 bits per heavy atom. The first-order valence-electron chi connectivity index (χ1n) is 6.08. The van der Waals surface area contributed by atoms with E-state index < -0.39 is 0 Å². The van der Waals surface area contributed by atoms with E-state index in [1.54, 1.807) is 45.9 Å². The van der Waals surface area contributed by atoms with Gasteiger partial charge in [0.1, 0.15) is 17.3 Å². The van der Waals surface area contributed by atoms with E-state index >= 15 is 0 Å². The van der Waals surface area contributed by atoms with Crippen molar-refractivity contribution >= 4 is 5.52 Å². The number of fused-ring (bicyclic) bond motifs is 1. The van der Waals surface area contributed by atoms with E-state index in [0.717, 1.165) is 11.3 Å². The Kier molecular flexibility index (Phi) is 2.80. The maximum absolute atomic E-state index is 12.3. The van der Waals surface area contributed by atoms with Gasteiger partial charge in [0.25, 0.3) is 5.56 Å². The molecular weight excluding hydrogens is 254 g/mol. The highest BCUT2D eigenvalue weighted by molar-refractivity contribution is 5.45. The van der Waals surface area contributed by atoms with Crippen molar-refractivity contribution in [3.8, 4) is 6.07 Å². The summed E-state index contributed by atoms with van der Waals surface area (Å²) in [7, 11) is 0. The molecule has 3 rings (SSSR count). The van der Waals surface area contributed by atoms with Gasteiger partial charge >= 0.3 is 0 Å². The van der Waals surface area contributed by atoms with Gasteiger partial charge in [-0.1, -0.05) is 6.07 Å². The molecule has 0 radical (unpaired) electrons. The number of hydrogen-bond donors (Lipinski definition) is 0. The summed E-state index contributed by atoms with van der Waals surface area (Å²) in [5.41, 5.74) is 2.23. The van der Waals surface area contributed by atoms with Gasteiger partial charge in [-0.05, 0) is 19.1 Å². The molecule has 6 nitrogen and oxygen atoms in total. The minimum absolute atomic E-state index is 0.138. The fourth-order valence-electron chi connectivity index (χ4n) is 2.12. The zero-order chi connectivity index (χ0) is 14.1. The first kappa shape index (κ1) is 12.1. The van der Waals surface area contributed by atoms with Crippen molar-refractivity contribution in [2.45, 2.75) is 13.5 Å². The van der Waals surface area contributed by atoms with Gasteiger partial charge in [0.15, 0.2) is 0 Å². The molecule has 0 atom stereocenters. The second-order valence-electron chi connectivity index (χ2n) is 4.47. The number of aryl methyl sites for hydroxylation is 1. The highest BCUT2D eigenvalue weighted by Gasteiger charge is 2.08. The Morgan fingerprint density at radius 1 is 1.40 bits per heavy atom. The van der Waals surface area contributed by atoms with E-state index in [1.165, 1.54) is 0 Å². The van der Waals surface area contributed by atoms with Crippen LogP contribution >= 0.6 is 0 Å². The molecule has 0 amide bonds. The fraction of sp³-hybridized carbons (Fsp3) is 0.143. The van der Waals surface area contributed by atoms with Gasteiger partial charge in [-0.15, -0.1) is 0 Å². The molecule has 0 fully saturated rings. The summed E-state index contributed by atoms with van der Waals surface area (Å²) in [6.07, 6.45) is 4.95. The monoisotopic (exact) mass is 265 g/mol. The molecule has 0 aliphatic rings. The van der Waals surface area contributed by atoms with Gasteiger partial charge in [0.05, 0.1) is 12.2 Å². The number of aromatic nitrogens is 4. The maximum atomic E-state index is 12.3. The Bertz CT molecular complexity index is 884. The fourth-order valence-corrected chi connectivity index (χ4v) is 2.12. The van der Waals surface area contributed by atoms with E-state index in [4.69, 9.17) is 5.26 Å². The molecule has 3 aromatic heterocycles. The van der Waals surface area contributed by atoms with Crippen molar-refractivity contribution in [3.63, 3.8) is 0 Å². The molecule has 98 valence electrons. The van der Waals surface area contributed by atoms with Crippen LogP contribution in [0.5, 0.6) is 0 Å². The van der Waals surface area contributed by atoms with Gasteiger partial charge < -0.3 is 4.57 Å². The standard InChI is InChI=1S/C14H11N5O/c1-10-7-13-14(20)18(5-6-19(13)17-10)9-11-3-2-4-16-12(11)8-15/h2-7H,9H2,1H3. The average molecular weight is 265 g/mol. The van der Waals surface area contributed by atoms with Crippen LogP contribution in [0.2, 0.25) is 0 Å². The second kappa shape index (κ2) is 4.63. The summed E-state index contributed by atoms with van der Waals surface area (Å²) >= 11 is 0. The molecule has 0 saturated carbocycles. The summed E-state index contributed by atoms with van der Waals surface area (Å²) in [6.45, 7) is 2.15. The van der Waals surface area contributed by atoms with E-state index in [9.17, 15) is 4.79 Å². The van der Waals surface area contributed by atoms with Gasteiger partial charge in [-0.25, -0.2) is 9.50 Å². The van der Waals surface area contributed by atoms with E-state index in [2.05, 4.69) is 10.1 Å². The Balaban J connectivity index is 2.10. The largest absolute Gasteiger partial charge is 0.308 e. The lowest BCUT2D eigenvalue weighted by atomic mass is 10.2. The van der Waals surface area contributed by atoms with E-state index in [1.807, 2.05) is 13.0 Å². The first-order chi connectivity index (χ1) is 9.69. The lowest BCUT2D eigenvalue weighted by Crippen LogP contribution is -2.22. The minimum Gasteiger partial charge on any atom is -0.308 e. The highest BCUT2D eigenvalue weighted by Crippen LogP contribution is 2.06. The molecule has 0 N–H and O–H groups in total. The lowest BCUT2D eigenvalue weighted by Gasteiger charge is -2.06. The first-order valence-corrected chi connectivity index (χ1v) is 6.08. The third kappa shape index (κ3) is 1.95. The number of hydrogen-bond acceptors (Lipinski definition) is 4. The molecule has 6 heteroatoms. The highest BCUT2D eigenvalue weighted by atomic mass is 16.1. The van der Waals surface area contributed by atoms with Crippen LogP contribution in [0.25, 0.3) is 5.52 Å². The van der Waals surface area contributed by atoms with Crippen molar-refractivity contribution in [2.75, 3.05) is 0 Å². The SMILES string of the molecule is Cc1cc2c(=O)n(Cc3cccnc3C#N)ccn2n1. The normalized spacial score (nSPS) is 10.6. The van der Waals surface area contributed by atoms with Crippen molar-refractivity contribution in [2.24, 2.45) is 0 Å². The van der Waals surface area contributed by atoms with Gasteiger partial charge in [-0.2, -0.15) is 10.4 Å². The predicted octanol–water partition coefficient (Wildman–Crippen LogP) is 1.12. The molecule has 0 aromatic carbocycles. The smallest absolute Gasteiger partial charge is 0.276 e. The van der Waals surface area contributed by atoms with Crippen LogP contribution < -0.4 is 5.56 Å². The average Bonchev–Trinajstić information content (AvgIpc) is 2.84. The molecule has 0 bridgehead atoms. The number of nitrogens with zero attached hydrogens (tertiary/aromatic N) is 5. The van der Waals surface area contributed by atoms with Crippen LogP contribution in [0.4, 0.5) is 0 Å². The van der Waals surface area contributed by atoms with Crippen molar-refractivity contribution in [1.29, 1.82) is 5.26 Å². The summed E-state index contributed by atoms with van der Waals surface area (Å²) in [6, 6.07) is 7.32. The molecule has 0 aliphatic heterocycles. The number of pyridine rings is 1. The van der Waals surface area contributed by atoms with E-state index in [0.29, 0.717) is 17.8 Å². The zero-order valence-corrected chi connectivity index (χ0v) is 10.8. The van der Waals surface area contributed by atoms with Crippen molar-refractivity contribution in [1.82, 2.24) is 19.2 Å². The minimum atomic E-state index is -0.138. The summed E-state index contributed by atoms with van der Waals surface area (Å²) in [4.78, 5) is 16.3. The van der Waals surface area contributed by atoms with Crippen molar-refractivity contribution < 1.29 is 0 Å². The van der Waals surface area contributed by atoms with Crippen molar-refractivity contribution in [3.05, 3.63) is 64.1 Å². The summed E-state index contributed by atoms with van der Waals surface area (Å²) in [5.74, 6) is 0. The molecule has 3 aromatic rings. The molecule has 20 heavy (non-hydrogen) atoms. The third-order valence-corrected chi connectivity index (χ3v) is 3.06. The number of nitriles is 1. The lowest BCUT2D eigenvalue weighted by molar-refractivity contribution is 0.737. The summed E-state index contributed by atoms with van der Waals surface area (Å²) < 4.78 is 3.11. The topological polar surface area (TPSA) is 76.0 Å². The summed E-state index contributed by atoms with van der Waals surface area (Å²) in [5, 5.41) is 13.2. The zero-order valence-electron chi connectivity index (χ0n) is 10.8. The maximum Gasteiger partial charge on any atom is 0.276 e. The van der Waals surface area contributed by atoms with Crippen LogP contribution in [0, 0.1) is 18.3 Å². The quantitative estimate of drug-likeness (QED) is 0.695. The van der Waals surface area contributed by atoms with Crippen LogP contribution in [0.1, 0.15) is 17.0 Å². The number of rotatable bonds is 2. The Morgan fingerprint density at radius 2 is 2.25 bits per heavy atom. The van der Waals surface area contributed by atoms with Crippen LogP contribution in [0.3, 0.4) is 0 Å². The molecular formula is C14H11N5O. The molecule has 0 spiro atoms.